The van der Waals surface area contributed by atoms with Crippen LogP contribution in [0.25, 0.3) is 0 Å². The van der Waals surface area contributed by atoms with E-state index >= 15 is 0 Å². The molecule has 1 aliphatic heterocycles. The van der Waals surface area contributed by atoms with E-state index in [-0.39, 0.29) is 11.8 Å². The number of hydrogen-bond donors (Lipinski definition) is 1. The quantitative estimate of drug-likeness (QED) is 0.908. The van der Waals surface area contributed by atoms with Crippen molar-refractivity contribution in [2.75, 3.05) is 31.0 Å². The SMILES string of the molecule is COc1ccc(C(=O)Nc2ccccc2N2CCCC2=O)c(OC)c1. The van der Waals surface area contributed by atoms with Gasteiger partial charge in [-0.1, -0.05) is 12.1 Å². The van der Waals surface area contributed by atoms with Gasteiger partial charge in [-0.3, -0.25) is 9.59 Å². The normalized spacial score (nSPS) is 13.7. The molecule has 1 aliphatic rings. The molecule has 0 aromatic heterocycles. The molecular formula is C19H20N2O4. The molecule has 0 aliphatic carbocycles. The number of rotatable bonds is 5. The highest BCUT2D eigenvalue weighted by Gasteiger charge is 2.24. The number of nitrogens with one attached hydrogen (secondary N) is 1. The predicted octanol–water partition coefficient (Wildman–Crippen LogP) is 3.08. The standard InChI is InChI=1S/C19H20N2O4/c1-24-13-9-10-14(17(12-13)25-2)19(23)20-15-6-3-4-7-16(15)21-11-5-8-18(21)22/h3-4,6-7,9-10,12H,5,8,11H2,1-2H3,(H,20,23). The Morgan fingerprint density at radius 2 is 1.92 bits per heavy atom. The van der Waals surface area contributed by atoms with Crippen LogP contribution in [0.5, 0.6) is 11.5 Å². The molecule has 2 aromatic rings. The topological polar surface area (TPSA) is 67.9 Å². The molecule has 2 amide bonds. The Bertz CT molecular complexity index is 804. The summed E-state index contributed by atoms with van der Waals surface area (Å²) in [7, 11) is 3.06. The predicted molar refractivity (Wildman–Crippen MR) is 95.5 cm³/mol. The molecule has 6 nitrogen and oxygen atoms in total. The van der Waals surface area contributed by atoms with Crippen molar-refractivity contribution in [3.05, 3.63) is 48.0 Å². The Morgan fingerprint density at radius 3 is 2.60 bits per heavy atom. The minimum atomic E-state index is -0.307. The number of anilines is 2. The van der Waals surface area contributed by atoms with E-state index in [1.807, 2.05) is 18.2 Å². The van der Waals surface area contributed by atoms with Gasteiger partial charge in [0.2, 0.25) is 5.91 Å². The van der Waals surface area contributed by atoms with E-state index in [0.29, 0.717) is 41.4 Å². The highest BCUT2D eigenvalue weighted by Crippen LogP contribution is 2.31. The Morgan fingerprint density at radius 1 is 1.12 bits per heavy atom. The summed E-state index contributed by atoms with van der Waals surface area (Å²) in [5.41, 5.74) is 1.71. The van der Waals surface area contributed by atoms with E-state index in [1.54, 1.807) is 36.3 Å². The first-order valence-electron chi connectivity index (χ1n) is 8.07. The van der Waals surface area contributed by atoms with E-state index < -0.39 is 0 Å². The molecule has 130 valence electrons. The van der Waals surface area contributed by atoms with Crippen LogP contribution in [-0.2, 0) is 4.79 Å². The maximum atomic E-state index is 12.7. The number of carbonyl (C=O) groups excluding carboxylic acids is 2. The van der Waals surface area contributed by atoms with Crippen LogP contribution in [-0.4, -0.2) is 32.6 Å². The molecule has 1 saturated heterocycles. The van der Waals surface area contributed by atoms with Crippen LogP contribution >= 0.6 is 0 Å². The Hall–Kier alpha value is -3.02. The Kier molecular flexibility index (Phi) is 4.88. The lowest BCUT2D eigenvalue weighted by molar-refractivity contribution is -0.117. The zero-order chi connectivity index (χ0) is 17.8. The smallest absolute Gasteiger partial charge is 0.259 e. The summed E-state index contributed by atoms with van der Waals surface area (Å²) >= 11 is 0. The first-order chi connectivity index (χ1) is 12.1. The molecule has 1 N–H and O–H groups in total. The number of nitrogens with zero attached hydrogens (tertiary/aromatic N) is 1. The van der Waals surface area contributed by atoms with Crippen LogP contribution in [0.3, 0.4) is 0 Å². The van der Waals surface area contributed by atoms with Gasteiger partial charge in [-0.2, -0.15) is 0 Å². The number of ether oxygens (including phenoxy) is 2. The molecule has 0 atom stereocenters. The van der Waals surface area contributed by atoms with Crippen molar-refractivity contribution < 1.29 is 19.1 Å². The van der Waals surface area contributed by atoms with Gasteiger partial charge in [-0.05, 0) is 30.7 Å². The van der Waals surface area contributed by atoms with Gasteiger partial charge in [0.25, 0.3) is 5.91 Å². The van der Waals surface area contributed by atoms with Crippen molar-refractivity contribution in [2.24, 2.45) is 0 Å². The third-order valence-corrected chi connectivity index (χ3v) is 4.17. The third-order valence-electron chi connectivity index (χ3n) is 4.17. The van der Waals surface area contributed by atoms with Gasteiger partial charge in [0.15, 0.2) is 0 Å². The lowest BCUT2D eigenvalue weighted by Crippen LogP contribution is -2.25. The molecule has 1 heterocycles. The second kappa shape index (κ2) is 7.25. The number of para-hydroxylation sites is 2. The number of amides is 2. The molecule has 0 radical (unpaired) electrons. The minimum Gasteiger partial charge on any atom is -0.497 e. The van der Waals surface area contributed by atoms with Crippen molar-refractivity contribution in [2.45, 2.75) is 12.8 Å². The first-order valence-corrected chi connectivity index (χ1v) is 8.07. The summed E-state index contributed by atoms with van der Waals surface area (Å²) in [5.74, 6) is 0.797. The monoisotopic (exact) mass is 340 g/mol. The minimum absolute atomic E-state index is 0.0729. The summed E-state index contributed by atoms with van der Waals surface area (Å²) < 4.78 is 10.4. The number of benzene rings is 2. The van der Waals surface area contributed by atoms with Gasteiger partial charge in [-0.25, -0.2) is 0 Å². The van der Waals surface area contributed by atoms with Gasteiger partial charge >= 0.3 is 0 Å². The average Bonchev–Trinajstić information content (AvgIpc) is 3.07. The van der Waals surface area contributed by atoms with Gasteiger partial charge in [0.1, 0.15) is 11.5 Å². The van der Waals surface area contributed by atoms with Crippen LogP contribution in [0, 0.1) is 0 Å². The molecule has 1 fully saturated rings. The Balaban J connectivity index is 1.88. The third kappa shape index (κ3) is 3.42. The first kappa shape index (κ1) is 16.8. The number of hydrogen-bond acceptors (Lipinski definition) is 4. The molecule has 0 spiro atoms. The molecule has 3 rings (SSSR count). The van der Waals surface area contributed by atoms with Crippen molar-refractivity contribution in [3.63, 3.8) is 0 Å². The Labute approximate surface area is 146 Å². The molecule has 0 saturated carbocycles. The fourth-order valence-corrected chi connectivity index (χ4v) is 2.89. The average molecular weight is 340 g/mol. The van der Waals surface area contributed by atoms with Gasteiger partial charge in [-0.15, -0.1) is 0 Å². The second-order valence-electron chi connectivity index (χ2n) is 5.69. The lowest BCUT2D eigenvalue weighted by atomic mass is 10.1. The van der Waals surface area contributed by atoms with E-state index in [1.165, 1.54) is 7.11 Å². The van der Waals surface area contributed by atoms with Crippen molar-refractivity contribution in [1.82, 2.24) is 0 Å². The highest BCUT2D eigenvalue weighted by molar-refractivity contribution is 6.09. The van der Waals surface area contributed by atoms with Crippen LogP contribution < -0.4 is 19.7 Å². The van der Waals surface area contributed by atoms with Crippen molar-refractivity contribution in [3.8, 4) is 11.5 Å². The van der Waals surface area contributed by atoms with Crippen molar-refractivity contribution >= 4 is 23.2 Å². The van der Waals surface area contributed by atoms with E-state index in [9.17, 15) is 9.59 Å². The van der Waals surface area contributed by atoms with Crippen LogP contribution in [0.4, 0.5) is 11.4 Å². The van der Waals surface area contributed by atoms with Gasteiger partial charge < -0.3 is 19.7 Å². The van der Waals surface area contributed by atoms with Crippen molar-refractivity contribution in [1.29, 1.82) is 0 Å². The zero-order valence-electron chi connectivity index (χ0n) is 14.2. The van der Waals surface area contributed by atoms with Crippen LogP contribution in [0.15, 0.2) is 42.5 Å². The summed E-state index contributed by atoms with van der Waals surface area (Å²) in [6, 6.07) is 12.3. The van der Waals surface area contributed by atoms with E-state index in [4.69, 9.17) is 9.47 Å². The van der Waals surface area contributed by atoms with E-state index in [2.05, 4.69) is 5.32 Å². The van der Waals surface area contributed by atoms with Crippen LogP contribution in [0.2, 0.25) is 0 Å². The molecule has 6 heteroatoms. The molecule has 2 aromatic carbocycles. The van der Waals surface area contributed by atoms with Gasteiger partial charge in [0, 0.05) is 19.0 Å². The summed E-state index contributed by atoms with van der Waals surface area (Å²) in [6.07, 6.45) is 1.36. The number of carbonyl (C=O) groups is 2. The highest BCUT2D eigenvalue weighted by atomic mass is 16.5. The summed E-state index contributed by atoms with van der Waals surface area (Å²) in [4.78, 5) is 26.4. The van der Waals surface area contributed by atoms with Gasteiger partial charge in [0.05, 0.1) is 31.2 Å². The fraction of sp³-hybridized carbons (Fsp3) is 0.263. The fourth-order valence-electron chi connectivity index (χ4n) is 2.89. The second-order valence-corrected chi connectivity index (χ2v) is 5.69. The number of methoxy groups -OCH3 is 2. The largest absolute Gasteiger partial charge is 0.497 e. The molecule has 0 unspecified atom stereocenters. The lowest BCUT2D eigenvalue weighted by Gasteiger charge is -2.20. The van der Waals surface area contributed by atoms with E-state index in [0.717, 1.165) is 6.42 Å². The zero-order valence-corrected chi connectivity index (χ0v) is 14.2. The maximum Gasteiger partial charge on any atom is 0.259 e. The molecule has 25 heavy (non-hydrogen) atoms. The molecular weight excluding hydrogens is 320 g/mol. The van der Waals surface area contributed by atoms with Crippen LogP contribution in [0.1, 0.15) is 23.2 Å². The summed E-state index contributed by atoms with van der Waals surface area (Å²) in [6.45, 7) is 0.664. The molecule has 0 bridgehead atoms. The summed E-state index contributed by atoms with van der Waals surface area (Å²) in [5, 5.41) is 2.88. The maximum absolute atomic E-state index is 12.7.